The van der Waals surface area contributed by atoms with Crippen LogP contribution in [0.25, 0.3) is 0 Å². The second-order valence-corrected chi connectivity index (χ2v) is 7.13. The molecule has 0 aliphatic carbocycles. The minimum Gasteiger partial charge on any atom is -0.480 e. The molecule has 1 aromatic heterocycles. The number of carbonyl (C=O) groups is 2. The van der Waals surface area contributed by atoms with Crippen LogP contribution in [0, 0.1) is 5.92 Å². The number of aryl methyl sites for hydroxylation is 2. The zero-order chi connectivity index (χ0) is 17.6. The average molecular weight is 345 g/mol. The molecule has 2 aliphatic rings. The molecule has 0 radical (unpaired) electrons. The largest absolute Gasteiger partial charge is 0.480 e. The lowest BCUT2D eigenvalue weighted by molar-refractivity contribution is -0.138. The second-order valence-electron chi connectivity index (χ2n) is 7.13. The third-order valence-electron chi connectivity index (χ3n) is 5.14. The van der Waals surface area contributed by atoms with E-state index >= 15 is 0 Å². The number of carboxylic acids is 1. The van der Waals surface area contributed by atoms with Gasteiger partial charge >= 0.3 is 5.97 Å². The van der Waals surface area contributed by atoms with Gasteiger partial charge in [0.05, 0.1) is 6.54 Å². The lowest BCUT2D eigenvalue weighted by Gasteiger charge is -2.17. The maximum absolute atomic E-state index is 12.3. The van der Waals surface area contributed by atoms with Crippen molar-refractivity contribution < 1.29 is 14.7 Å². The van der Waals surface area contributed by atoms with E-state index in [2.05, 4.69) is 22.4 Å². The van der Waals surface area contributed by atoms with E-state index in [9.17, 15) is 9.59 Å². The normalized spacial score (nSPS) is 20.1. The van der Waals surface area contributed by atoms with E-state index < -0.39 is 5.97 Å². The van der Waals surface area contributed by atoms with E-state index in [0.29, 0.717) is 13.0 Å². The van der Waals surface area contributed by atoms with Crippen LogP contribution in [0.1, 0.15) is 43.4 Å². The van der Waals surface area contributed by atoms with Gasteiger partial charge in [0.1, 0.15) is 11.6 Å². The highest BCUT2D eigenvalue weighted by atomic mass is 16.4. The molecule has 0 spiro atoms. The van der Waals surface area contributed by atoms with Gasteiger partial charge in [-0.1, -0.05) is 6.07 Å². The Labute approximate surface area is 148 Å². The molecule has 136 valence electrons. The third kappa shape index (κ3) is 5.01. The summed E-state index contributed by atoms with van der Waals surface area (Å²) < 4.78 is 0. The Morgan fingerprint density at radius 3 is 3.04 bits per heavy atom. The monoisotopic (exact) mass is 345 g/mol. The van der Waals surface area contributed by atoms with Crippen LogP contribution in [0.2, 0.25) is 0 Å². The minimum absolute atomic E-state index is 0.0189. The van der Waals surface area contributed by atoms with Crippen LogP contribution in [-0.4, -0.2) is 52.9 Å². The van der Waals surface area contributed by atoms with Crippen molar-refractivity contribution in [1.29, 1.82) is 0 Å². The minimum atomic E-state index is -0.819. The summed E-state index contributed by atoms with van der Waals surface area (Å²) >= 11 is 0. The van der Waals surface area contributed by atoms with Gasteiger partial charge in [-0.3, -0.25) is 14.5 Å². The number of ketones is 1. The highest BCUT2D eigenvalue weighted by Crippen LogP contribution is 2.21. The van der Waals surface area contributed by atoms with Gasteiger partial charge in [-0.2, -0.15) is 0 Å². The molecule has 25 heavy (non-hydrogen) atoms. The summed E-state index contributed by atoms with van der Waals surface area (Å²) in [5, 5.41) is 12.2. The summed E-state index contributed by atoms with van der Waals surface area (Å²) in [6, 6.07) is 4.28. The summed E-state index contributed by atoms with van der Waals surface area (Å²) in [6.07, 6.45) is 6.39. The van der Waals surface area contributed by atoms with Crippen LogP contribution in [0.5, 0.6) is 0 Å². The van der Waals surface area contributed by atoms with E-state index in [-0.39, 0.29) is 18.2 Å². The van der Waals surface area contributed by atoms with Gasteiger partial charge in [-0.15, -0.1) is 0 Å². The highest BCUT2D eigenvalue weighted by Gasteiger charge is 2.28. The number of pyridine rings is 1. The lowest BCUT2D eigenvalue weighted by Crippen LogP contribution is -2.28. The Morgan fingerprint density at radius 2 is 2.20 bits per heavy atom. The lowest BCUT2D eigenvalue weighted by atomic mass is 9.98. The number of carboxylic acid groups (broad SMARTS) is 1. The van der Waals surface area contributed by atoms with Crippen LogP contribution in [0.3, 0.4) is 0 Å². The number of hydrogen-bond acceptors (Lipinski definition) is 5. The van der Waals surface area contributed by atoms with Gasteiger partial charge < -0.3 is 10.4 Å². The molecule has 2 aliphatic heterocycles. The topological polar surface area (TPSA) is 82.5 Å². The van der Waals surface area contributed by atoms with Crippen LogP contribution in [0.15, 0.2) is 12.1 Å². The number of aromatic nitrogens is 1. The van der Waals surface area contributed by atoms with E-state index in [4.69, 9.17) is 5.11 Å². The Kier molecular flexibility index (Phi) is 6.02. The number of carbonyl (C=O) groups excluding carboxylic acids is 1. The Morgan fingerprint density at radius 1 is 1.32 bits per heavy atom. The number of anilines is 1. The predicted molar refractivity (Wildman–Crippen MR) is 95.8 cm³/mol. The molecule has 0 amide bonds. The number of Topliss-reactive ketones (excluding diaryl/α,β-unsaturated/α-hetero) is 1. The molecule has 3 heterocycles. The second kappa shape index (κ2) is 8.43. The fourth-order valence-corrected chi connectivity index (χ4v) is 3.75. The van der Waals surface area contributed by atoms with Gasteiger partial charge in [0.15, 0.2) is 0 Å². The Hall–Kier alpha value is -1.95. The quantitative estimate of drug-likeness (QED) is 0.703. The van der Waals surface area contributed by atoms with Crippen molar-refractivity contribution in [2.24, 2.45) is 5.92 Å². The molecule has 1 aromatic rings. The smallest absolute Gasteiger partial charge is 0.317 e. The maximum atomic E-state index is 12.3. The Bertz CT molecular complexity index is 632. The average Bonchev–Trinajstić information content (AvgIpc) is 3.06. The zero-order valence-electron chi connectivity index (χ0n) is 14.7. The van der Waals surface area contributed by atoms with Crippen molar-refractivity contribution in [1.82, 2.24) is 9.88 Å². The summed E-state index contributed by atoms with van der Waals surface area (Å²) in [5.41, 5.74) is 2.39. The van der Waals surface area contributed by atoms with Crippen LogP contribution >= 0.6 is 0 Å². The number of nitrogens with one attached hydrogen (secondary N) is 1. The standard InChI is InChI=1S/C19H27N3O3/c23-17(15-9-11-22(12-15)13-18(24)25)6-2-1-5-16-8-7-14-4-3-10-20-19(14)21-16/h7-8,15H,1-6,9-13H2,(H,20,21)(H,24,25)/t15-/m0/s1. The molecule has 0 saturated carbocycles. The zero-order valence-corrected chi connectivity index (χ0v) is 14.7. The number of fused-ring (bicyclic) bond motifs is 1. The summed E-state index contributed by atoms with van der Waals surface area (Å²) in [7, 11) is 0. The SMILES string of the molecule is O=C(O)CN1CC[C@H](C(=O)CCCCc2ccc3c(n2)NCCC3)C1. The van der Waals surface area contributed by atoms with Gasteiger partial charge in [-0.25, -0.2) is 4.98 Å². The first-order chi connectivity index (χ1) is 12.1. The van der Waals surface area contributed by atoms with Crippen molar-refractivity contribution in [3.63, 3.8) is 0 Å². The molecule has 1 atom stereocenters. The molecule has 2 N–H and O–H groups in total. The fourth-order valence-electron chi connectivity index (χ4n) is 3.75. The maximum Gasteiger partial charge on any atom is 0.317 e. The molecule has 3 rings (SSSR count). The van der Waals surface area contributed by atoms with E-state index in [1.165, 1.54) is 12.0 Å². The number of hydrogen-bond donors (Lipinski definition) is 2. The van der Waals surface area contributed by atoms with Gasteiger partial charge in [0, 0.05) is 31.1 Å². The third-order valence-corrected chi connectivity index (χ3v) is 5.14. The molecular formula is C19H27N3O3. The summed E-state index contributed by atoms with van der Waals surface area (Å²) in [6.45, 7) is 2.36. The molecule has 1 saturated heterocycles. The molecule has 6 nitrogen and oxygen atoms in total. The van der Waals surface area contributed by atoms with Crippen molar-refractivity contribution in [2.45, 2.75) is 44.9 Å². The highest BCUT2D eigenvalue weighted by molar-refractivity contribution is 5.81. The van der Waals surface area contributed by atoms with Crippen molar-refractivity contribution >= 4 is 17.6 Å². The van der Waals surface area contributed by atoms with E-state index in [0.717, 1.165) is 56.7 Å². The first-order valence-corrected chi connectivity index (χ1v) is 9.31. The summed E-state index contributed by atoms with van der Waals surface area (Å²) in [4.78, 5) is 29.6. The van der Waals surface area contributed by atoms with E-state index in [1.807, 2.05) is 4.90 Å². The van der Waals surface area contributed by atoms with Crippen molar-refractivity contribution in [3.05, 3.63) is 23.4 Å². The van der Waals surface area contributed by atoms with Crippen LogP contribution in [-0.2, 0) is 22.4 Å². The number of unbranched alkanes of at least 4 members (excludes halogenated alkanes) is 1. The summed E-state index contributed by atoms with van der Waals surface area (Å²) in [5.74, 6) is 0.516. The molecule has 1 fully saturated rings. The fraction of sp³-hybridized carbons (Fsp3) is 0.632. The number of rotatable bonds is 8. The number of aliphatic carboxylic acids is 1. The molecular weight excluding hydrogens is 318 g/mol. The number of likely N-dealkylation sites (tertiary alicyclic amines) is 1. The van der Waals surface area contributed by atoms with Crippen LogP contribution in [0.4, 0.5) is 5.82 Å². The Balaban J connectivity index is 1.37. The molecule has 6 heteroatoms. The first kappa shape index (κ1) is 17.9. The van der Waals surface area contributed by atoms with Gasteiger partial charge in [0.25, 0.3) is 0 Å². The molecule has 0 aromatic carbocycles. The van der Waals surface area contributed by atoms with Gasteiger partial charge in [0.2, 0.25) is 0 Å². The predicted octanol–water partition coefficient (Wildman–Crippen LogP) is 2.13. The van der Waals surface area contributed by atoms with Crippen LogP contribution < -0.4 is 5.32 Å². The molecule has 0 unspecified atom stereocenters. The molecule has 0 bridgehead atoms. The van der Waals surface area contributed by atoms with Crippen molar-refractivity contribution in [2.75, 3.05) is 31.5 Å². The van der Waals surface area contributed by atoms with Gasteiger partial charge in [-0.05, 0) is 56.7 Å². The number of nitrogens with zero attached hydrogens (tertiary/aromatic N) is 2. The first-order valence-electron chi connectivity index (χ1n) is 9.31. The van der Waals surface area contributed by atoms with Crippen molar-refractivity contribution in [3.8, 4) is 0 Å². The van der Waals surface area contributed by atoms with E-state index in [1.54, 1.807) is 0 Å².